The molecule has 2 N–H and O–H groups in total. The van der Waals surface area contributed by atoms with E-state index < -0.39 is 5.82 Å². The summed E-state index contributed by atoms with van der Waals surface area (Å²) in [6.45, 7) is 0. The van der Waals surface area contributed by atoms with Crippen LogP contribution in [-0.2, 0) is 6.42 Å². The molecule has 18 heavy (non-hydrogen) atoms. The van der Waals surface area contributed by atoms with Crippen molar-refractivity contribution in [1.29, 1.82) is 0 Å². The van der Waals surface area contributed by atoms with Crippen LogP contribution < -0.4 is 5.73 Å². The molecule has 0 amide bonds. The van der Waals surface area contributed by atoms with Crippen LogP contribution in [0.25, 0.3) is 0 Å². The van der Waals surface area contributed by atoms with Crippen LogP contribution in [0.5, 0.6) is 0 Å². The monoisotopic (exact) mass is 267 g/mol. The summed E-state index contributed by atoms with van der Waals surface area (Å²) in [6.07, 6.45) is 0.519. The Hall–Kier alpha value is -1.45. The van der Waals surface area contributed by atoms with Gasteiger partial charge in [-0.25, -0.2) is 8.78 Å². The van der Waals surface area contributed by atoms with Crippen molar-refractivity contribution in [3.63, 3.8) is 0 Å². The van der Waals surface area contributed by atoms with Gasteiger partial charge in [-0.05, 0) is 41.8 Å². The van der Waals surface area contributed by atoms with Gasteiger partial charge in [0, 0.05) is 11.1 Å². The average Bonchev–Trinajstić information content (AvgIpc) is 2.32. The molecular weight excluding hydrogens is 256 g/mol. The highest BCUT2D eigenvalue weighted by Crippen LogP contribution is 2.25. The molecule has 0 saturated heterocycles. The summed E-state index contributed by atoms with van der Waals surface area (Å²) < 4.78 is 25.7. The first kappa shape index (κ1) is 13.0. The molecule has 0 aliphatic rings. The highest BCUT2D eigenvalue weighted by Gasteiger charge is 2.11. The number of benzene rings is 2. The number of nitrogens with two attached hydrogens (primary N) is 1. The molecule has 94 valence electrons. The molecule has 0 aliphatic heterocycles. The Kier molecular flexibility index (Phi) is 3.94. The quantitative estimate of drug-likeness (QED) is 0.898. The van der Waals surface area contributed by atoms with Gasteiger partial charge in [0.1, 0.15) is 11.6 Å². The van der Waals surface area contributed by atoms with Gasteiger partial charge in [0.2, 0.25) is 0 Å². The van der Waals surface area contributed by atoms with Gasteiger partial charge in [-0.3, -0.25) is 0 Å². The standard InChI is InChI=1S/C14H12ClF2N/c15-13-8-11(17)5-6-12(13)14(18)7-9-1-3-10(16)4-2-9/h1-6,8,14H,7,18H2. The number of hydrogen-bond acceptors (Lipinski definition) is 1. The summed E-state index contributed by atoms with van der Waals surface area (Å²) in [7, 11) is 0. The maximum atomic E-state index is 12.9. The van der Waals surface area contributed by atoms with Gasteiger partial charge >= 0.3 is 0 Å². The molecule has 2 aromatic carbocycles. The number of halogens is 3. The molecular formula is C14H12ClF2N. The van der Waals surface area contributed by atoms with Crippen LogP contribution in [0.1, 0.15) is 17.2 Å². The summed E-state index contributed by atoms with van der Waals surface area (Å²) in [5.41, 5.74) is 7.60. The van der Waals surface area contributed by atoms with E-state index in [1.807, 2.05) is 0 Å². The van der Waals surface area contributed by atoms with E-state index in [1.165, 1.54) is 24.3 Å². The molecule has 1 unspecified atom stereocenters. The summed E-state index contributed by atoms with van der Waals surface area (Å²) in [6, 6.07) is 9.91. The second kappa shape index (κ2) is 5.46. The molecule has 4 heteroatoms. The summed E-state index contributed by atoms with van der Waals surface area (Å²) in [4.78, 5) is 0. The minimum absolute atomic E-state index is 0.285. The van der Waals surface area contributed by atoms with Crippen LogP contribution in [-0.4, -0.2) is 0 Å². The van der Waals surface area contributed by atoms with Crippen molar-refractivity contribution in [3.8, 4) is 0 Å². The lowest BCUT2D eigenvalue weighted by Crippen LogP contribution is -2.14. The largest absolute Gasteiger partial charge is 0.324 e. The Bertz CT molecular complexity index is 540. The Morgan fingerprint density at radius 3 is 2.22 bits per heavy atom. The first-order valence-corrected chi connectivity index (χ1v) is 5.89. The molecule has 1 nitrogen and oxygen atoms in total. The van der Waals surface area contributed by atoms with Gasteiger partial charge in [0.25, 0.3) is 0 Å². The summed E-state index contributed by atoms with van der Waals surface area (Å²) in [5.74, 6) is -0.676. The molecule has 0 bridgehead atoms. The molecule has 1 atom stereocenters. The van der Waals surface area contributed by atoms with E-state index in [9.17, 15) is 8.78 Å². The third-order valence-electron chi connectivity index (χ3n) is 2.73. The SMILES string of the molecule is NC(Cc1ccc(F)cc1)c1ccc(F)cc1Cl. The average molecular weight is 268 g/mol. The highest BCUT2D eigenvalue weighted by molar-refractivity contribution is 6.31. The minimum Gasteiger partial charge on any atom is -0.324 e. The first-order chi connectivity index (χ1) is 8.56. The smallest absolute Gasteiger partial charge is 0.124 e. The number of hydrogen-bond donors (Lipinski definition) is 1. The van der Waals surface area contributed by atoms with Gasteiger partial charge in [0.15, 0.2) is 0 Å². The predicted molar refractivity (Wildman–Crippen MR) is 68.4 cm³/mol. The van der Waals surface area contributed by atoms with E-state index in [0.29, 0.717) is 17.0 Å². The molecule has 2 rings (SSSR count). The second-order valence-corrected chi connectivity index (χ2v) is 4.51. The van der Waals surface area contributed by atoms with Crippen molar-refractivity contribution in [2.45, 2.75) is 12.5 Å². The van der Waals surface area contributed by atoms with Crippen LogP contribution in [0.15, 0.2) is 42.5 Å². The lowest BCUT2D eigenvalue weighted by Gasteiger charge is -2.13. The molecule has 0 radical (unpaired) electrons. The van der Waals surface area contributed by atoms with Gasteiger partial charge in [-0.1, -0.05) is 29.8 Å². The van der Waals surface area contributed by atoms with Crippen LogP contribution >= 0.6 is 11.6 Å². The zero-order chi connectivity index (χ0) is 13.1. The zero-order valence-corrected chi connectivity index (χ0v) is 10.3. The van der Waals surface area contributed by atoms with Gasteiger partial charge in [0.05, 0.1) is 0 Å². The normalized spacial score (nSPS) is 12.4. The second-order valence-electron chi connectivity index (χ2n) is 4.10. The van der Waals surface area contributed by atoms with Crippen LogP contribution in [0, 0.1) is 11.6 Å². The van der Waals surface area contributed by atoms with Crippen molar-refractivity contribution in [2.24, 2.45) is 5.73 Å². The number of rotatable bonds is 3. The molecule has 0 spiro atoms. The van der Waals surface area contributed by atoms with E-state index in [-0.39, 0.29) is 11.9 Å². The van der Waals surface area contributed by atoms with Crippen LogP contribution in [0.3, 0.4) is 0 Å². The fourth-order valence-electron chi connectivity index (χ4n) is 1.79. The van der Waals surface area contributed by atoms with E-state index in [0.717, 1.165) is 5.56 Å². The van der Waals surface area contributed by atoms with E-state index in [1.54, 1.807) is 18.2 Å². The maximum Gasteiger partial charge on any atom is 0.124 e. The van der Waals surface area contributed by atoms with E-state index in [4.69, 9.17) is 17.3 Å². The zero-order valence-electron chi connectivity index (χ0n) is 9.54. The van der Waals surface area contributed by atoms with Crippen molar-refractivity contribution >= 4 is 11.6 Å². The molecule has 2 aromatic rings. The van der Waals surface area contributed by atoms with Crippen LogP contribution in [0.2, 0.25) is 5.02 Å². The summed E-state index contributed by atoms with van der Waals surface area (Å²) >= 11 is 5.94. The third kappa shape index (κ3) is 3.06. The summed E-state index contributed by atoms with van der Waals surface area (Å²) in [5, 5.41) is 0.310. The predicted octanol–water partition coefficient (Wildman–Crippen LogP) is 3.86. The maximum absolute atomic E-state index is 12.9. The molecule has 0 aromatic heterocycles. The lowest BCUT2D eigenvalue weighted by atomic mass is 9.99. The fourth-order valence-corrected chi connectivity index (χ4v) is 2.09. The lowest BCUT2D eigenvalue weighted by molar-refractivity contribution is 0.622. The Balaban J connectivity index is 2.16. The van der Waals surface area contributed by atoms with Crippen molar-refractivity contribution < 1.29 is 8.78 Å². The topological polar surface area (TPSA) is 26.0 Å². The van der Waals surface area contributed by atoms with E-state index in [2.05, 4.69) is 0 Å². The van der Waals surface area contributed by atoms with Crippen LogP contribution in [0.4, 0.5) is 8.78 Å². The minimum atomic E-state index is -0.391. The molecule has 0 heterocycles. The van der Waals surface area contributed by atoms with Gasteiger partial charge < -0.3 is 5.73 Å². The molecule has 0 fully saturated rings. The molecule has 0 aliphatic carbocycles. The van der Waals surface area contributed by atoms with E-state index >= 15 is 0 Å². The van der Waals surface area contributed by atoms with Crippen molar-refractivity contribution in [2.75, 3.05) is 0 Å². The highest BCUT2D eigenvalue weighted by atomic mass is 35.5. The van der Waals surface area contributed by atoms with Gasteiger partial charge in [-0.15, -0.1) is 0 Å². The third-order valence-corrected chi connectivity index (χ3v) is 3.06. The first-order valence-electron chi connectivity index (χ1n) is 5.51. The van der Waals surface area contributed by atoms with Gasteiger partial charge in [-0.2, -0.15) is 0 Å². The Morgan fingerprint density at radius 1 is 1.00 bits per heavy atom. The fraction of sp³-hybridized carbons (Fsp3) is 0.143. The Morgan fingerprint density at radius 2 is 1.61 bits per heavy atom. The van der Waals surface area contributed by atoms with Crippen molar-refractivity contribution in [3.05, 3.63) is 70.2 Å². The molecule has 0 saturated carbocycles. The Labute approximate surface area is 109 Å². The van der Waals surface area contributed by atoms with Crippen molar-refractivity contribution in [1.82, 2.24) is 0 Å².